The van der Waals surface area contributed by atoms with Crippen molar-refractivity contribution in [2.45, 2.75) is 57.2 Å². The topological polar surface area (TPSA) is 71.3 Å². The number of hydrogen-bond acceptors (Lipinski definition) is 5. The molecule has 1 amide bonds. The summed E-state index contributed by atoms with van der Waals surface area (Å²) in [4.78, 5) is 18.0. The lowest BCUT2D eigenvalue weighted by Gasteiger charge is -2.35. The first-order chi connectivity index (χ1) is 11.9. The predicted molar refractivity (Wildman–Crippen MR) is 82.6 cm³/mol. The molecule has 1 aliphatic carbocycles. The Bertz CT molecular complexity index is 576. The summed E-state index contributed by atoms with van der Waals surface area (Å²) in [6.07, 6.45) is 2.29. The molecule has 140 valence electrons. The molecule has 6 nitrogen and oxygen atoms in total. The van der Waals surface area contributed by atoms with E-state index in [1.807, 2.05) is 0 Å². The van der Waals surface area contributed by atoms with Crippen LogP contribution in [0.2, 0.25) is 0 Å². The molecule has 9 heteroatoms. The molecule has 1 aromatic heterocycles. The van der Waals surface area contributed by atoms with Gasteiger partial charge in [-0.05, 0) is 38.8 Å². The Morgan fingerprint density at radius 3 is 2.48 bits per heavy atom. The summed E-state index contributed by atoms with van der Waals surface area (Å²) in [5.74, 6) is -1.46. The van der Waals surface area contributed by atoms with E-state index in [-0.39, 0.29) is 30.6 Å². The fourth-order valence-electron chi connectivity index (χ4n) is 3.71. The predicted octanol–water partition coefficient (Wildman–Crippen LogP) is 2.40. The van der Waals surface area contributed by atoms with Crippen molar-refractivity contribution in [3.63, 3.8) is 0 Å². The van der Waals surface area contributed by atoms with Gasteiger partial charge in [0.15, 0.2) is 5.82 Å². The van der Waals surface area contributed by atoms with Crippen molar-refractivity contribution in [3.05, 3.63) is 11.7 Å². The van der Waals surface area contributed by atoms with Gasteiger partial charge in [-0.2, -0.15) is 18.2 Å². The van der Waals surface area contributed by atoms with Crippen LogP contribution in [0.15, 0.2) is 4.52 Å². The highest BCUT2D eigenvalue weighted by Crippen LogP contribution is 2.28. The number of hydrogen-bond donors (Lipinski definition) is 1. The summed E-state index contributed by atoms with van der Waals surface area (Å²) in [5, 5.41) is 6.05. The molecule has 1 saturated carbocycles. The third-order valence-corrected chi connectivity index (χ3v) is 5.10. The molecule has 2 fully saturated rings. The number of carbonyl (C=O) groups is 1. The van der Waals surface area contributed by atoms with Gasteiger partial charge in [0.1, 0.15) is 0 Å². The maximum Gasteiger partial charge on any atom is 0.471 e. The number of piperidine rings is 1. The van der Waals surface area contributed by atoms with E-state index in [9.17, 15) is 18.0 Å². The second kappa shape index (κ2) is 7.72. The van der Waals surface area contributed by atoms with Crippen LogP contribution in [-0.2, 0) is 17.4 Å². The van der Waals surface area contributed by atoms with Crippen LogP contribution in [0.1, 0.15) is 50.2 Å². The molecule has 1 N–H and O–H groups in total. The maximum atomic E-state index is 12.4. The lowest BCUT2D eigenvalue weighted by Crippen LogP contribution is -2.44. The molecule has 1 saturated heterocycles. The van der Waals surface area contributed by atoms with Gasteiger partial charge in [0.2, 0.25) is 5.91 Å². The zero-order valence-electron chi connectivity index (χ0n) is 14.0. The van der Waals surface area contributed by atoms with Gasteiger partial charge >= 0.3 is 12.1 Å². The molecule has 0 unspecified atom stereocenters. The fraction of sp³-hybridized carbons (Fsp3) is 0.812. The van der Waals surface area contributed by atoms with Crippen molar-refractivity contribution in [3.8, 4) is 0 Å². The van der Waals surface area contributed by atoms with E-state index >= 15 is 0 Å². The number of aromatic nitrogens is 2. The van der Waals surface area contributed by atoms with Crippen molar-refractivity contribution in [1.82, 2.24) is 20.4 Å². The summed E-state index contributed by atoms with van der Waals surface area (Å²) >= 11 is 0. The number of rotatable bonds is 5. The van der Waals surface area contributed by atoms with Gasteiger partial charge in [-0.1, -0.05) is 18.0 Å². The molecule has 1 aliphatic heterocycles. The van der Waals surface area contributed by atoms with Crippen LogP contribution in [0, 0.1) is 5.92 Å². The lowest BCUT2D eigenvalue weighted by atomic mass is 9.94. The van der Waals surface area contributed by atoms with E-state index in [2.05, 4.69) is 24.9 Å². The van der Waals surface area contributed by atoms with E-state index in [1.54, 1.807) is 0 Å². The van der Waals surface area contributed by atoms with Crippen LogP contribution in [-0.4, -0.2) is 46.6 Å². The first-order valence-electron chi connectivity index (χ1n) is 8.85. The SMILES string of the molecule is O=C(NCCc1noc(C(F)(F)F)n1)C1CCN(C2CCCC2)CC1. The Balaban J connectivity index is 1.37. The van der Waals surface area contributed by atoms with E-state index in [1.165, 1.54) is 25.7 Å². The van der Waals surface area contributed by atoms with Gasteiger partial charge in [0, 0.05) is 24.9 Å². The van der Waals surface area contributed by atoms with E-state index in [4.69, 9.17) is 0 Å². The Hall–Kier alpha value is -1.64. The Morgan fingerprint density at radius 2 is 1.88 bits per heavy atom. The standard InChI is InChI=1S/C16H23F3N4O2/c17-16(18,19)15-21-13(22-25-15)5-8-20-14(24)11-6-9-23(10-7-11)12-3-1-2-4-12/h11-12H,1-10H2,(H,20,24). The minimum absolute atomic E-state index is 0.0198. The minimum Gasteiger partial charge on any atom is -0.355 e. The third kappa shape index (κ3) is 4.71. The van der Waals surface area contributed by atoms with Gasteiger partial charge in [-0.3, -0.25) is 4.79 Å². The minimum atomic E-state index is -4.64. The van der Waals surface area contributed by atoms with Gasteiger partial charge < -0.3 is 14.7 Å². The molecule has 0 bridgehead atoms. The molecule has 1 aromatic rings. The van der Waals surface area contributed by atoms with Crippen LogP contribution in [0.25, 0.3) is 0 Å². The normalized spacial score (nSPS) is 20.9. The van der Waals surface area contributed by atoms with Crippen LogP contribution in [0.5, 0.6) is 0 Å². The van der Waals surface area contributed by atoms with Crippen LogP contribution in [0.3, 0.4) is 0 Å². The average molecular weight is 360 g/mol. The summed E-state index contributed by atoms with van der Waals surface area (Å²) < 4.78 is 41.3. The average Bonchev–Trinajstić information content (AvgIpc) is 3.26. The third-order valence-electron chi connectivity index (χ3n) is 5.10. The number of nitrogens with zero attached hydrogens (tertiary/aromatic N) is 3. The molecule has 3 rings (SSSR count). The molecule has 2 heterocycles. The Kier molecular flexibility index (Phi) is 5.61. The highest BCUT2D eigenvalue weighted by atomic mass is 19.4. The summed E-state index contributed by atoms with van der Waals surface area (Å²) in [6, 6.07) is 0.685. The quantitative estimate of drug-likeness (QED) is 0.873. The van der Waals surface area contributed by atoms with Gasteiger partial charge in [-0.15, -0.1) is 0 Å². The number of alkyl halides is 3. The zero-order valence-corrected chi connectivity index (χ0v) is 14.0. The summed E-state index contributed by atoms with van der Waals surface area (Å²) in [5.41, 5.74) is 0. The number of nitrogens with one attached hydrogen (secondary N) is 1. The molecule has 0 radical (unpaired) electrons. The van der Waals surface area contributed by atoms with Crippen molar-refractivity contribution in [2.75, 3.05) is 19.6 Å². The van der Waals surface area contributed by atoms with Crippen molar-refractivity contribution in [2.24, 2.45) is 5.92 Å². The largest absolute Gasteiger partial charge is 0.471 e. The molecule has 0 aromatic carbocycles. The van der Waals surface area contributed by atoms with Crippen LogP contribution >= 0.6 is 0 Å². The van der Waals surface area contributed by atoms with E-state index in [0.29, 0.717) is 6.04 Å². The summed E-state index contributed by atoms with van der Waals surface area (Å²) in [7, 11) is 0. The van der Waals surface area contributed by atoms with Crippen molar-refractivity contribution in [1.29, 1.82) is 0 Å². The van der Waals surface area contributed by atoms with E-state index < -0.39 is 12.1 Å². The first-order valence-corrected chi connectivity index (χ1v) is 8.85. The molecular formula is C16H23F3N4O2. The second-order valence-electron chi connectivity index (χ2n) is 6.80. The van der Waals surface area contributed by atoms with Crippen LogP contribution < -0.4 is 5.32 Å². The van der Waals surface area contributed by atoms with Crippen LogP contribution in [0.4, 0.5) is 13.2 Å². The number of amides is 1. The van der Waals surface area contributed by atoms with Gasteiger partial charge in [0.05, 0.1) is 0 Å². The molecule has 25 heavy (non-hydrogen) atoms. The first kappa shape index (κ1) is 18.2. The number of halogens is 3. The lowest BCUT2D eigenvalue weighted by molar-refractivity contribution is -0.159. The summed E-state index contributed by atoms with van der Waals surface area (Å²) in [6.45, 7) is 2.10. The molecule has 2 aliphatic rings. The number of carbonyl (C=O) groups excluding carboxylic acids is 1. The van der Waals surface area contributed by atoms with Gasteiger partial charge in [-0.25, -0.2) is 0 Å². The molecular weight excluding hydrogens is 337 g/mol. The molecule has 0 atom stereocenters. The van der Waals surface area contributed by atoms with Gasteiger partial charge in [0.25, 0.3) is 0 Å². The highest BCUT2D eigenvalue weighted by molar-refractivity contribution is 5.78. The van der Waals surface area contributed by atoms with Crippen molar-refractivity contribution >= 4 is 5.91 Å². The maximum absolute atomic E-state index is 12.4. The monoisotopic (exact) mass is 360 g/mol. The van der Waals surface area contributed by atoms with Crippen molar-refractivity contribution < 1.29 is 22.5 Å². The molecule has 0 spiro atoms. The van der Waals surface area contributed by atoms with E-state index in [0.717, 1.165) is 25.9 Å². The number of likely N-dealkylation sites (tertiary alicyclic amines) is 1. The Morgan fingerprint density at radius 1 is 1.20 bits per heavy atom. The highest BCUT2D eigenvalue weighted by Gasteiger charge is 2.38. The Labute approximate surface area is 144 Å². The second-order valence-corrected chi connectivity index (χ2v) is 6.80. The smallest absolute Gasteiger partial charge is 0.355 e. The fourth-order valence-corrected chi connectivity index (χ4v) is 3.71. The zero-order chi connectivity index (χ0) is 17.9.